The summed E-state index contributed by atoms with van der Waals surface area (Å²) < 4.78 is 30.0. The number of nitrogens with zero attached hydrogens (tertiary/aromatic N) is 3. The molecule has 1 atom stereocenters. The molecule has 6 rings (SSSR count). The summed E-state index contributed by atoms with van der Waals surface area (Å²) in [4.78, 5) is 22.3. The molecule has 1 aliphatic heterocycles. The molecule has 1 fully saturated rings. The molecule has 1 aromatic heterocycles. The van der Waals surface area contributed by atoms with Gasteiger partial charge in [-0.05, 0) is 61.4 Å². The van der Waals surface area contributed by atoms with Gasteiger partial charge in [-0.2, -0.15) is 0 Å². The number of sulfonamides is 1. The second-order valence-corrected chi connectivity index (χ2v) is 12.7. The lowest BCUT2D eigenvalue weighted by Crippen LogP contribution is -2.57. The largest absolute Gasteiger partial charge is 0.399 e. The monoisotopic (exact) mass is 593 g/mol. The van der Waals surface area contributed by atoms with Crippen LogP contribution >= 0.6 is 0 Å². The van der Waals surface area contributed by atoms with Gasteiger partial charge in [0.05, 0.1) is 10.4 Å². The second kappa shape index (κ2) is 11.7. The summed E-state index contributed by atoms with van der Waals surface area (Å²) in [5.41, 5.74) is 9.28. The molecule has 43 heavy (non-hydrogen) atoms. The minimum absolute atomic E-state index is 0.0250. The van der Waals surface area contributed by atoms with Crippen molar-refractivity contribution < 1.29 is 13.2 Å². The first-order chi connectivity index (χ1) is 20.8. The number of nitrogens with two attached hydrogens (primary N) is 1. The van der Waals surface area contributed by atoms with E-state index in [2.05, 4.69) is 45.8 Å². The number of benzene rings is 3. The smallest absolute Gasteiger partial charge is 0.262 e. The Labute approximate surface area is 252 Å². The number of carbonyl (C=O) groups excluding carboxylic acids is 1. The molecule has 1 saturated heterocycles. The number of carbonyl (C=O) groups is 1. The van der Waals surface area contributed by atoms with Gasteiger partial charge >= 0.3 is 0 Å². The fourth-order valence-electron chi connectivity index (χ4n) is 6.12. The number of anilines is 2. The van der Waals surface area contributed by atoms with Crippen LogP contribution in [0.2, 0.25) is 0 Å². The van der Waals surface area contributed by atoms with Crippen LogP contribution in [0.15, 0.2) is 108 Å². The molecule has 9 heteroatoms. The number of fused-ring (bicyclic) bond motifs is 1. The van der Waals surface area contributed by atoms with Gasteiger partial charge in [-0.25, -0.2) is 8.42 Å². The molecule has 3 aromatic carbocycles. The lowest BCUT2D eigenvalue weighted by atomic mass is 9.86. The maximum absolute atomic E-state index is 13.7. The van der Waals surface area contributed by atoms with E-state index in [0.29, 0.717) is 46.7 Å². The number of aromatic nitrogens is 1. The molecule has 2 aliphatic rings. The van der Waals surface area contributed by atoms with Crippen LogP contribution in [0.1, 0.15) is 30.1 Å². The molecule has 0 saturated carbocycles. The number of piperazine rings is 1. The summed E-state index contributed by atoms with van der Waals surface area (Å²) in [5.74, 6) is -0.0528. The van der Waals surface area contributed by atoms with Gasteiger partial charge in [0.1, 0.15) is 0 Å². The van der Waals surface area contributed by atoms with E-state index in [1.807, 2.05) is 35.2 Å². The van der Waals surface area contributed by atoms with E-state index in [1.54, 1.807) is 42.6 Å². The zero-order valence-electron chi connectivity index (χ0n) is 24.1. The first-order valence-corrected chi connectivity index (χ1v) is 16.0. The predicted octanol–water partition coefficient (Wildman–Crippen LogP) is 5.71. The van der Waals surface area contributed by atoms with E-state index in [-0.39, 0.29) is 16.3 Å². The van der Waals surface area contributed by atoms with Crippen LogP contribution < -0.4 is 10.5 Å². The summed E-state index contributed by atoms with van der Waals surface area (Å²) in [6, 6.07) is 20.8. The SMILES string of the molecule is CC[C@]1(N2CCN(C(=O)c3ccc(NS(=O)(=O)c4ccc(N)cc4-c4cccc5cccnc45)cc3)CC2)C=CC=CC1. The average molecular weight is 594 g/mol. The lowest BCUT2D eigenvalue weighted by molar-refractivity contribution is 0.0426. The topological polar surface area (TPSA) is 109 Å². The Balaban J connectivity index is 1.18. The van der Waals surface area contributed by atoms with Gasteiger partial charge < -0.3 is 10.6 Å². The van der Waals surface area contributed by atoms with Gasteiger partial charge in [0.25, 0.3) is 15.9 Å². The summed E-state index contributed by atoms with van der Waals surface area (Å²) in [6.07, 6.45) is 12.4. The highest BCUT2D eigenvalue weighted by molar-refractivity contribution is 7.92. The number of allylic oxidation sites excluding steroid dienone is 2. The Morgan fingerprint density at radius 1 is 0.953 bits per heavy atom. The second-order valence-electron chi connectivity index (χ2n) is 11.0. The normalized spacial score (nSPS) is 19.0. The fourth-order valence-corrected chi connectivity index (χ4v) is 7.38. The maximum atomic E-state index is 13.7. The van der Waals surface area contributed by atoms with Crippen molar-refractivity contribution in [2.75, 3.05) is 36.6 Å². The lowest BCUT2D eigenvalue weighted by Gasteiger charge is -2.46. The van der Waals surface area contributed by atoms with Crippen LogP contribution in [-0.2, 0) is 10.0 Å². The van der Waals surface area contributed by atoms with Crippen LogP contribution in [0, 0.1) is 0 Å². The minimum Gasteiger partial charge on any atom is -0.399 e. The molecule has 0 spiro atoms. The standard InChI is InChI=1S/C34H35N5O3S/c1-2-34(17-4-3-5-18-34)39-22-20-38(21-23-39)33(40)26-11-14-28(15-12-26)37-43(41,42)31-16-13-27(35)24-30(31)29-10-6-8-25-9-7-19-36-32(25)29/h3-17,19,24,37H,2,18,20-23,35H2,1H3/t34-/m0/s1. The third kappa shape index (κ3) is 5.66. The maximum Gasteiger partial charge on any atom is 0.262 e. The van der Waals surface area contributed by atoms with Crippen molar-refractivity contribution in [1.29, 1.82) is 0 Å². The Bertz CT molecular complexity index is 1820. The predicted molar refractivity (Wildman–Crippen MR) is 172 cm³/mol. The zero-order chi connectivity index (χ0) is 30.0. The van der Waals surface area contributed by atoms with Crippen LogP contribution in [0.3, 0.4) is 0 Å². The van der Waals surface area contributed by atoms with Crippen molar-refractivity contribution in [1.82, 2.24) is 14.8 Å². The van der Waals surface area contributed by atoms with E-state index in [4.69, 9.17) is 5.73 Å². The van der Waals surface area contributed by atoms with Crippen molar-refractivity contribution in [3.05, 3.63) is 109 Å². The van der Waals surface area contributed by atoms with Gasteiger partial charge in [-0.1, -0.05) is 55.5 Å². The Morgan fingerprint density at radius 3 is 2.44 bits per heavy atom. The van der Waals surface area contributed by atoms with Gasteiger partial charge in [-0.3, -0.25) is 19.4 Å². The molecule has 2 heterocycles. The van der Waals surface area contributed by atoms with E-state index < -0.39 is 10.0 Å². The van der Waals surface area contributed by atoms with Crippen LogP contribution in [0.5, 0.6) is 0 Å². The third-order valence-corrected chi connectivity index (χ3v) is 9.97. The van der Waals surface area contributed by atoms with Crippen molar-refractivity contribution >= 4 is 38.2 Å². The van der Waals surface area contributed by atoms with E-state index in [1.165, 1.54) is 6.07 Å². The van der Waals surface area contributed by atoms with E-state index >= 15 is 0 Å². The number of pyridine rings is 1. The van der Waals surface area contributed by atoms with E-state index in [9.17, 15) is 13.2 Å². The molecule has 1 aliphatic carbocycles. The van der Waals surface area contributed by atoms with Gasteiger partial charge in [0, 0.05) is 71.4 Å². The molecule has 0 unspecified atom stereocenters. The number of para-hydroxylation sites is 1. The molecule has 4 aromatic rings. The average Bonchev–Trinajstić information content (AvgIpc) is 3.04. The highest BCUT2D eigenvalue weighted by Gasteiger charge is 2.35. The Morgan fingerprint density at radius 2 is 1.72 bits per heavy atom. The fraction of sp³-hybridized carbons (Fsp3) is 0.235. The third-order valence-electron chi connectivity index (χ3n) is 8.53. The summed E-state index contributed by atoms with van der Waals surface area (Å²) in [5, 5.41) is 0.897. The molecule has 0 radical (unpaired) electrons. The highest BCUT2D eigenvalue weighted by Crippen LogP contribution is 2.35. The van der Waals surface area contributed by atoms with Gasteiger partial charge in [0.2, 0.25) is 0 Å². The van der Waals surface area contributed by atoms with Crippen LogP contribution in [-0.4, -0.2) is 60.8 Å². The number of nitrogens with one attached hydrogen (secondary N) is 1. The molecule has 220 valence electrons. The van der Waals surface area contributed by atoms with Crippen LogP contribution in [0.4, 0.5) is 11.4 Å². The number of rotatable bonds is 7. The highest BCUT2D eigenvalue weighted by atomic mass is 32.2. The number of hydrogen-bond acceptors (Lipinski definition) is 6. The Kier molecular flexibility index (Phi) is 7.77. The minimum atomic E-state index is -4.00. The van der Waals surface area contributed by atoms with Crippen LogP contribution in [0.25, 0.3) is 22.0 Å². The van der Waals surface area contributed by atoms with Crippen molar-refractivity contribution in [3.8, 4) is 11.1 Å². The van der Waals surface area contributed by atoms with Gasteiger partial charge in [-0.15, -0.1) is 0 Å². The molecule has 3 N–H and O–H groups in total. The quantitative estimate of drug-likeness (QED) is 0.266. The van der Waals surface area contributed by atoms with Gasteiger partial charge in [0.15, 0.2) is 0 Å². The molecule has 8 nitrogen and oxygen atoms in total. The van der Waals surface area contributed by atoms with Crippen molar-refractivity contribution in [2.45, 2.75) is 30.2 Å². The number of amides is 1. The zero-order valence-corrected chi connectivity index (χ0v) is 24.9. The van der Waals surface area contributed by atoms with E-state index in [0.717, 1.165) is 31.3 Å². The first-order valence-electron chi connectivity index (χ1n) is 14.5. The van der Waals surface area contributed by atoms with Crippen molar-refractivity contribution in [3.63, 3.8) is 0 Å². The summed E-state index contributed by atoms with van der Waals surface area (Å²) >= 11 is 0. The number of hydrogen-bond donors (Lipinski definition) is 2. The number of nitrogen functional groups attached to an aromatic ring is 1. The molecule has 1 amide bonds. The summed E-state index contributed by atoms with van der Waals surface area (Å²) in [7, 11) is -4.00. The molecular formula is C34H35N5O3S. The van der Waals surface area contributed by atoms with Crippen molar-refractivity contribution in [2.24, 2.45) is 0 Å². The molecular weight excluding hydrogens is 558 g/mol. The molecule has 0 bridgehead atoms. The Hall–Kier alpha value is -4.47. The first kappa shape index (κ1) is 28.6. The summed E-state index contributed by atoms with van der Waals surface area (Å²) in [6.45, 7) is 5.13.